The number of benzene rings is 3. The minimum absolute atomic E-state index is 0.522. The van der Waals surface area contributed by atoms with Crippen molar-refractivity contribution in [3.63, 3.8) is 0 Å². The van der Waals surface area contributed by atoms with E-state index in [0.717, 1.165) is 40.0 Å². The van der Waals surface area contributed by atoms with Gasteiger partial charge in [0.25, 0.3) is 0 Å². The molecule has 1 aromatic heterocycles. The Balaban J connectivity index is 1.29. The number of nitrogens with one attached hydrogen (secondary N) is 1. The number of nitrogens with zero attached hydrogens (tertiary/aromatic N) is 4. The van der Waals surface area contributed by atoms with Crippen LogP contribution in [-0.4, -0.2) is 32.5 Å². The van der Waals surface area contributed by atoms with Crippen LogP contribution in [-0.2, 0) is 13.2 Å². The molecule has 1 heterocycles. The van der Waals surface area contributed by atoms with Crippen LogP contribution in [0.1, 0.15) is 16.7 Å². The lowest BCUT2D eigenvalue weighted by Crippen LogP contribution is -2.17. The molecule has 0 spiro atoms. The smallest absolute Gasteiger partial charge is 0.214 e. The van der Waals surface area contributed by atoms with Gasteiger partial charge in [-0.2, -0.15) is 4.68 Å². The zero-order valence-corrected chi connectivity index (χ0v) is 19.3. The third kappa shape index (κ3) is 6.09. The molecule has 0 fully saturated rings. The predicted octanol–water partition coefficient (Wildman–Crippen LogP) is 5.09. The molecule has 8 heteroatoms. The lowest BCUT2D eigenvalue weighted by atomic mass is 10.1. The van der Waals surface area contributed by atoms with Gasteiger partial charge in [-0.05, 0) is 53.2 Å². The molecule has 4 rings (SSSR count). The predicted molar refractivity (Wildman–Crippen MR) is 129 cm³/mol. The average molecular weight is 466 g/mol. The fourth-order valence-electron chi connectivity index (χ4n) is 3.23. The molecule has 0 bridgehead atoms. The zero-order valence-electron chi connectivity index (χ0n) is 17.7. The van der Waals surface area contributed by atoms with Gasteiger partial charge in [0.05, 0.1) is 5.69 Å². The Kier molecular flexibility index (Phi) is 7.77. The second-order valence-corrected chi connectivity index (χ2v) is 8.76. The highest BCUT2D eigenvalue weighted by Crippen LogP contribution is 2.24. The molecule has 32 heavy (non-hydrogen) atoms. The van der Waals surface area contributed by atoms with E-state index in [9.17, 15) is 0 Å². The Bertz CT molecular complexity index is 1150. The topological polar surface area (TPSA) is 64.9 Å². The number of aryl methyl sites for hydroxylation is 1. The molecule has 0 saturated carbocycles. The molecular weight excluding hydrogens is 442 g/mol. The molecule has 0 amide bonds. The first-order valence-corrected chi connectivity index (χ1v) is 11.7. The van der Waals surface area contributed by atoms with Crippen LogP contribution >= 0.6 is 23.4 Å². The van der Waals surface area contributed by atoms with Crippen molar-refractivity contribution in [3.8, 4) is 11.4 Å². The van der Waals surface area contributed by atoms with Gasteiger partial charge < -0.3 is 10.1 Å². The molecular formula is C24H24ClN5OS. The van der Waals surface area contributed by atoms with Crippen molar-refractivity contribution in [1.29, 1.82) is 0 Å². The van der Waals surface area contributed by atoms with Crippen LogP contribution < -0.4 is 10.1 Å². The third-order valence-corrected chi connectivity index (χ3v) is 5.92. The fourth-order valence-corrected chi connectivity index (χ4v) is 4.21. The Labute approximate surface area is 197 Å². The van der Waals surface area contributed by atoms with Crippen LogP contribution in [0.15, 0.2) is 78.0 Å². The molecule has 0 aliphatic carbocycles. The van der Waals surface area contributed by atoms with Crippen molar-refractivity contribution in [3.05, 3.63) is 94.5 Å². The van der Waals surface area contributed by atoms with Crippen LogP contribution in [0.4, 0.5) is 0 Å². The van der Waals surface area contributed by atoms with Crippen molar-refractivity contribution in [1.82, 2.24) is 25.5 Å². The maximum atomic E-state index is 6.23. The number of para-hydroxylation sites is 1. The molecule has 0 saturated heterocycles. The second-order valence-electron chi connectivity index (χ2n) is 7.26. The van der Waals surface area contributed by atoms with Crippen LogP contribution in [0, 0.1) is 6.92 Å². The summed E-state index contributed by atoms with van der Waals surface area (Å²) in [4.78, 5) is 0. The van der Waals surface area contributed by atoms with E-state index in [1.165, 1.54) is 5.56 Å². The Morgan fingerprint density at radius 1 is 1.03 bits per heavy atom. The molecule has 4 aromatic rings. The number of rotatable bonds is 10. The first kappa shape index (κ1) is 22.3. The van der Waals surface area contributed by atoms with Gasteiger partial charge in [-0.15, -0.1) is 5.10 Å². The van der Waals surface area contributed by atoms with Crippen LogP contribution in [0.3, 0.4) is 0 Å². The summed E-state index contributed by atoms with van der Waals surface area (Å²) in [6.45, 7) is 4.05. The summed E-state index contributed by atoms with van der Waals surface area (Å²) in [5.74, 6) is 1.66. The highest BCUT2D eigenvalue weighted by atomic mass is 35.5. The van der Waals surface area contributed by atoms with Crippen molar-refractivity contribution < 1.29 is 4.74 Å². The summed E-state index contributed by atoms with van der Waals surface area (Å²) < 4.78 is 7.83. The minimum atomic E-state index is 0.522. The summed E-state index contributed by atoms with van der Waals surface area (Å²) in [6.07, 6.45) is 0. The van der Waals surface area contributed by atoms with Crippen molar-refractivity contribution in [2.45, 2.75) is 25.2 Å². The summed E-state index contributed by atoms with van der Waals surface area (Å²) >= 11 is 7.83. The molecule has 0 radical (unpaired) electrons. The quantitative estimate of drug-likeness (QED) is 0.260. The maximum absolute atomic E-state index is 6.23. The molecule has 3 aromatic carbocycles. The monoisotopic (exact) mass is 465 g/mol. The summed E-state index contributed by atoms with van der Waals surface area (Å²) in [7, 11) is 0. The van der Waals surface area contributed by atoms with Gasteiger partial charge in [0, 0.05) is 29.4 Å². The lowest BCUT2D eigenvalue weighted by molar-refractivity contribution is 0.302. The molecule has 6 nitrogen and oxygen atoms in total. The Hall–Kier alpha value is -2.87. The Morgan fingerprint density at radius 3 is 2.75 bits per heavy atom. The van der Waals surface area contributed by atoms with Crippen LogP contribution in [0.25, 0.3) is 5.69 Å². The fraction of sp³-hybridized carbons (Fsp3) is 0.208. The van der Waals surface area contributed by atoms with Gasteiger partial charge in [-0.1, -0.05) is 71.4 Å². The van der Waals surface area contributed by atoms with Crippen LogP contribution in [0.2, 0.25) is 5.02 Å². The molecule has 0 atom stereocenters. The molecule has 1 N–H and O–H groups in total. The van der Waals surface area contributed by atoms with Crippen molar-refractivity contribution in [2.75, 3.05) is 12.3 Å². The largest absolute Gasteiger partial charge is 0.489 e. The normalized spacial score (nSPS) is 10.9. The lowest BCUT2D eigenvalue weighted by Gasteiger charge is -2.13. The van der Waals surface area contributed by atoms with E-state index in [0.29, 0.717) is 18.2 Å². The van der Waals surface area contributed by atoms with Gasteiger partial charge in [-0.3, -0.25) is 0 Å². The molecule has 0 aliphatic rings. The number of halogens is 1. The zero-order chi connectivity index (χ0) is 22.2. The summed E-state index contributed by atoms with van der Waals surface area (Å²) in [6, 6.07) is 23.9. The van der Waals surface area contributed by atoms with Crippen molar-refractivity contribution in [2.24, 2.45) is 0 Å². The third-order valence-electron chi connectivity index (χ3n) is 4.77. The number of tetrazole rings is 1. The SMILES string of the molecule is Cc1cccc(COc2ccc(Cl)cc2CNCCSc2nnnn2-c2ccccc2)c1. The van der Waals surface area contributed by atoms with Gasteiger partial charge in [-0.25, -0.2) is 0 Å². The number of aromatic nitrogens is 4. The Morgan fingerprint density at radius 2 is 1.91 bits per heavy atom. The molecule has 0 unspecified atom stereocenters. The standard InChI is InChI=1S/C24H24ClN5OS/c1-18-6-5-7-19(14-18)17-31-23-11-10-21(25)15-20(23)16-26-12-13-32-24-27-28-29-30(24)22-8-3-2-4-9-22/h2-11,14-15,26H,12-13,16-17H2,1H3. The second kappa shape index (κ2) is 11.1. The average Bonchev–Trinajstić information content (AvgIpc) is 3.27. The van der Waals surface area contributed by atoms with Crippen LogP contribution in [0.5, 0.6) is 5.75 Å². The number of hydrogen-bond donors (Lipinski definition) is 1. The minimum Gasteiger partial charge on any atom is -0.489 e. The highest BCUT2D eigenvalue weighted by Gasteiger charge is 2.09. The van der Waals surface area contributed by atoms with Gasteiger partial charge in [0.1, 0.15) is 12.4 Å². The number of ether oxygens (including phenoxy) is 1. The summed E-state index contributed by atoms with van der Waals surface area (Å²) in [5, 5.41) is 17.0. The molecule has 0 aliphatic heterocycles. The van der Waals surface area contributed by atoms with E-state index in [1.54, 1.807) is 16.4 Å². The maximum Gasteiger partial charge on any atom is 0.214 e. The summed E-state index contributed by atoms with van der Waals surface area (Å²) in [5.41, 5.74) is 4.35. The van der Waals surface area contributed by atoms with E-state index < -0.39 is 0 Å². The first-order valence-electron chi connectivity index (χ1n) is 10.3. The van der Waals surface area contributed by atoms with Gasteiger partial charge in [0.15, 0.2) is 0 Å². The van der Waals surface area contributed by atoms with Crippen molar-refractivity contribution >= 4 is 23.4 Å². The van der Waals surface area contributed by atoms with E-state index in [2.05, 4.69) is 46.0 Å². The van der Waals surface area contributed by atoms with Gasteiger partial charge >= 0.3 is 0 Å². The first-order chi connectivity index (χ1) is 15.7. The highest BCUT2D eigenvalue weighted by molar-refractivity contribution is 7.99. The van der Waals surface area contributed by atoms with E-state index in [4.69, 9.17) is 16.3 Å². The number of thioether (sulfide) groups is 1. The number of hydrogen-bond acceptors (Lipinski definition) is 6. The van der Waals surface area contributed by atoms with E-state index in [-0.39, 0.29) is 0 Å². The molecule has 164 valence electrons. The van der Waals surface area contributed by atoms with Gasteiger partial charge in [0.2, 0.25) is 5.16 Å². The van der Waals surface area contributed by atoms with E-state index in [1.807, 2.05) is 54.6 Å². The van der Waals surface area contributed by atoms with E-state index >= 15 is 0 Å².